The summed E-state index contributed by atoms with van der Waals surface area (Å²) in [4.78, 5) is 53.9. The zero-order valence-electron chi connectivity index (χ0n) is 28.6. The molecule has 0 aliphatic heterocycles. The molecule has 47 heavy (non-hydrogen) atoms. The average Bonchev–Trinajstić information content (AvgIpc) is 3.04. The molecule has 0 aliphatic carbocycles. The average molecular weight is 801 g/mol. The molecule has 0 aliphatic rings. The molecule has 2 atom stereocenters. The van der Waals surface area contributed by atoms with Crippen LogP contribution in [0, 0.1) is 16.3 Å². The molecular formula is C34H47FIN4O5PS. The molecule has 2 aromatic carbocycles. The number of thioether (sulfide) groups is 1. The van der Waals surface area contributed by atoms with Gasteiger partial charge in [-0.3, -0.25) is 23.9 Å². The summed E-state index contributed by atoms with van der Waals surface area (Å²) in [5.41, 5.74) is -0.443. The highest BCUT2D eigenvalue weighted by atomic mass is 127. The molecule has 0 fully saturated rings. The normalized spacial score (nSPS) is 10.8. The van der Waals surface area contributed by atoms with Crippen LogP contribution in [-0.4, -0.2) is 38.1 Å². The molecular weight excluding hydrogens is 753 g/mol. The van der Waals surface area contributed by atoms with Gasteiger partial charge < -0.3 is 10.1 Å². The molecule has 0 amide bonds. The number of H-pyrrole nitrogens is 1. The van der Waals surface area contributed by atoms with Gasteiger partial charge in [0.1, 0.15) is 16.9 Å². The number of benzene rings is 2. The fraction of sp³-hybridized carbons (Fsp3) is 0.412. The number of esters is 1. The van der Waals surface area contributed by atoms with Gasteiger partial charge in [0.25, 0.3) is 11.1 Å². The number of aryl methyl sites for hydroxylation is 1. The van der Waals surface area contributed by atoms with Crippen LogP contribution in [0.5, 0.6) is 0 Å². The molecule has 2 aromatic heterocycles. The van der Waals surface area contributed by atoms with E-state index in [1.54, 1.807) is 38.1 Å². The fourth-order valence-electron chi connectivity index (χ4n) is 4.36. The summed E-state index contributed by atoms with van der Waals surface area (Å²) in [6.07, 6.45) is 2.65. The quantitative estimate of drug-likeness (QED) is 0.0765. The monoisotopic (exact) mass is 800 g/mol. The maximum atomic E-state index is 14.9. The molecule has 0 saturated carbocycles. The number of rotatable bonds is 9. The SMILES string of the molecule is CC.CC.CCCC(C)P.CCOC(=O)CSc1cccc(Nc2c(C)c(=O)n(C)c3c2c(=O)[nH]c(=O)n3-c2ccc(I)cc2F)c1. The standard InChI is InChI=1S/C25H22FIN4O5S.C5H13P.2C2H6/c1-4-36-19(32)12-37-16-7-5-6-15(11-16)28-21-13(2)24(34)30(3)23-20(21)22(33)29-25(35)31(23)18-9-8-14(27)10-17(18)26;1-3-4-5(2)6;2*1-2/h5-11,28H,4,12H2,1-3H3,(H,29,33,35);5H,3-4,6H2,1-2H3;2*1-2H3. The number of pyridine rings is 1. The Labute approximate surface area is 296 Å². The third-order valence-corrected chi connectivity index (χ3v) is 8.29. The zero-order chi connectivity index (χ0) is 35.8. The summed E-state index contributed by atoms with van der Waals surface area (Å²) in [5.74, 6) is -0.902. The van der Waals surface area contributed by atoms with E-state index in [1.165, 1.54) is 43.8 Å². The van der Waals surface area contributed by atoms with E-state index < -0.39 is 22.6 Å². The summed E-state index contributed by atoms with van der Waals surface area (Å²) in [6, 6.07) is 11.4. The van der Waals surface area contributed by atoms with Gasteiger partial charge in [-0.1, -0.05) is 54.0 Å². The maximum absolute atomic E-state index is 14.9. The van der Waals surface area contributed by atoms with Crippen LogP contribution in [0.1, 0.15) is 66.9 Å². The minimum atomic E-state index is -0.875. The van der Waals surface area contributed by atoms with E-state index in [1.807, 2.05) is 56.4 Å². The number of nitrogens with one attached hydrogen (secondary N) is 2. The van der Waals surface area contributed by atoms with E-state index in [4.69, 9.17) is 4.74 Å². The van der Waals surface area contributed by atoms with E-state index in [0.29, 0.717) is 15.9 Å². The fourth-order valence-corrected chi connectivity index (χ4v) is 5.90. The molecule has 0 saturated heterocycles. The van der Waals surface area contributed by atoms with E-state index in [2.05, 4.69) is 33.4 Å². The molecule has 258 valence electrons. The topological polar surface area (TPSA) is 115 Å². The van der Waals surface area contributed by atoms with Crippen molar-refractivity contribution in [3.05, 3.63) is 88.6 Å². The van der Waals surface area contributed by atoms with Crippen LogP contribution in [0.3, 0.4) is 0 Å². The highest BCUT2D eigenvalue weighted by Gasteiger charge is 2.22. The predicted octanol–water partition coefficient (Wildman–Crippen LogP) is 7.93. The minimum absolute atomic E-state index is 0.0155. The van der Waals surface area contributed by atoms with Crippen molar-refractivity contribution in [2.24, 2.45) is 7.05 Å². The molecule has 4 rings (SSSR count). The van der Waals surface area contributed by atoms with Crippen LogP contribution >= 0.6 is 43.6 Å². The van der Waals surface area contributed by atoms with E-state index >= 15 is 0 Å². The van der Waals surface area contributed by atoms with Crippen LogP contribution in [0.25, 0.3) is 16.7 Å². The van der Waals surface area contributed by atoms with Crippen LogP contribution < -0.4 is 22.1 Å². The number of aromatic amines is 1. The lowest BCUT2D eigenvalue weighted by molar-refractivity contribution is -0.139. The smallest absolute Gasteiger partial charge is 0.334 e. The summed E-state index contributed by atoms with van der Waals surface area (Å²) in [6.45, 7) is 16.0. The second kappa shape index (κ2) is 21.1. The second-order valence-electron chi connectivity index (χ2n) is 9.77. The van der Waals surface area contributed by atoms with Crippen LogP contribution in [0.4, 0.5) is 15.8 Å². The number of hydrogen-bond acceptors (Lipinski definition) is 7. The van der Waals surface area contributed by atoms with Gasteiger partial charge in [-0.15, -0.1) is 21.0 Å². The lowest BCUT2D eigenvalue weighted by Gasteiger charge is -2.18. The summed E-state index contributed by atoms with van der Waals surface area (Å²) >= 11 is 3.22. The van der Waals surface area contributed by atoms with Crippen LogP contribution in [0.2, 0.25) is 0 Å². The van der Waals surface area contributed by atoms with E-state index in [9.17, 15) is 23.6 Å². The van der Waals surface area contributed by atoms with Crippen LogP contribution in [-0.2, 0) is 16.6 Å². The molecule has 2 N–H and O–H groups in total. The molecule has 0 bridgehead atoms. The second-order valence-corrected chi connectivity index (χ2v) is 13.2. The Morgan fingerprint density at radius 2 is 1.77 bits per heavy atom. The summed E-state index contributed by atoms with van der Waals surface area (Å²) < 4.78 is 22.7. The number of carbonyl (C=O) groups excluding carboxylic acids is 1. The zero-order valence-corrected chi connectivity index (χ0v) is 32.8. The molecule has 2 heterocycles. The molecule has 0 radical (unpaired) electrons. The number of fused-ring (bicyclic) bond motifs is 1. The molecule has 4 aromatic rings. The molecule has 13 heteroatoms. The van der Waals surface area contributed by atoms with Gasteiger partial charge >= 0.3 is 11.7 Å². The highest BCUT2D eigenvalue weighted by molar-refractivity contribution is 14.1. The Hall–Kier alpha value is -2.96. The number of nitrogens with zero attached hydrogens (tertiary/aromatic N) is 2. The number of aromatic nitrogens is 3. The Balaban J connectivity index is 0.000000979. The first-order valence-corrected chi connectivity index (χ1v) is 18.4. The third-order valence-electron chi connectivity index (χ3n) is 6.31. The van der Waals surface area contributed by atoms with Crippen molar-refractivity contribution < 1.29 is 13.9 Å². The Morgan fingerprint density at radius 3 is 2.32 bits per heavy atom. The lowest BCUT2D eigenvalue weighted by Crippen LogP contribution is -2.35. The third kappa shape index (κ3) is 11.6. The van der Waals surface area contributed by atoms with Crippen molar-refractivity contribution in [1.29, 1.82) is 0 Å². The molecule has 0 spiro atoms. The number of anilines is 2. The van der Waals surface area contributed by atoms with Crippen molar-refractivity contribution in [3.8, 4) is 5.69 Å². The summed E-state index contributed by atoms with van der Waals surface area (Å²) in [7, 11) is 4.20. The van der Waals surface area contributed by atoms with E-state index in [0.717, 1.165) is 19.7 Å². The predicted molar refractivity (Wildman–Crippen MR) is 207 cm³/mol. The van der Waals surface area contributed by atoms with Gasteiger partial charge in [-0.25, -0.2) is 13.8 Å². The van der Waals surface area contributed by atoms with Crippen molar-refractivity contribution in [1.82, 2.24) is 14.1 Å². The highest BCUT2D eigenvalue weighted by Crippen LogP contribution is 2.29. The van der Waals surface area contributed by atoms with Crippen molar-refractivity contribution in [3.63, 3.8) is 0 Å². The summed E-state index contributed by atoms with van der Waals surface area (Å²) in [5, 5.41) is 3.14. The number of halogens is 2. The van der Waals surface area contributed by atoms with E-state index in [-0.39, 0.29) is 39.7 Å². The van der Waals surface area contributed by atoms with Crippen molar-refractivity contribution in [2.75, 3.05) is 17.7 Å². The number of ether oxygens (including phenoxy) is 1. The van der Waals surface area contributed by atoms with Crippen molar-refractivity contribution >= 4 is 72.0 Å². The van der Waals surface area contributed by atoms with Gasteiger partial charge in [0.05, 0.1) is 23.7 Å². The number of hydrogen-bond donors (Lipinski definition) is 2. The largest absolute Gasteiger partial charge is 0.465 e. The van der Waals surface area contributed by atoms with Gasteiger partial charge in [0.2, 0.25) is 0 Å². The minimum Gasteiger partial charge on any atom is -0.465 e. The number of carbonyl (C=O) groups is 1. The van der Waals surface area contributed by atoms with Gasteiger partial charge in [-0.05, 0) is 84.9 Å². The first-order chi connectivity index (χ1) is 22.4. The Morgan fingerprint density at radius 1 is 1.11 bits per heavy atom. The first kappa shape index (κ1) is 42.1. The van der Waals surface area contributed by atoms with Gasteiger partial charge in [0, 0.05) is 26.8 Å². The molecule has 9 nitrogen and oxygen atoms in total. The van der Waals surface area contributed by atoms with Gasteiger partial charge in [0.15, 0.2) is 0 Å². The van der Waals surface area contributed by atoms with Gasteiger partial charge in [-0.2, -0.15) is 0 Å². The Kier molecular flexibility index (Phi) is 18.9. The first-order valence-electron chi connectivity index (χ1n) is 15.6. The lowest BCUT2D eigenvalue weighted by atomic mass is 10.1. The molecule has 2 unspecified atom stereocenters. The Bertz CT molecular complexity index is 1810. The van der Waals surface area contributed by atoms with Crippen molar-refractivity contribution in [2.45, 2.75) is 78.8 Å². The van der Waals surface area contributed by atoms with Crippen LogP contribution in [0.15, 0.2) is 61.7 Å². The maximum Gasteiger partial charge on any atom is 0.334 e.